The van der Waals surface area contributed by atoms with Crippen molar-refractivity contribution in [3.63, 3.8) is 0 Å². The third-order valence-electron chi connectivity index (χ3n) is 4.85. The predicted molar refractivity (Wildman–Crippen MR) is 80.5 cm³/mol. The molecule has 1 aliphatic heterocycles. The van der Waals surface area contributed by atoms with Crippen LogP contribution in [0.3, 0.4) is 0 Å². The topological polar surface area (TPSA) is 32.3 Å². The van der Waals surface area contributed by atoms with Crippen LogP contribution in [0, 0.1) is 11.7 Å². The van der Waals surface area contributed by atoms with Crippen LogP contribution in [-0.2, 0) is 10.2 Å². The summed E-state index contributed by atoms with van der Waals surface area (Å²) in [5.41, 5.74) is 0.0121. The maximum Gasteiger partial charge on any atom is 0.233 e. The first-order chi connectivity index (χ1) is 10.2. The van der Waals surface area contributed by atoms with Gasteiger partial charge in [-0.2, -0.15) is 0 Å². The lowest BCUT2D eigenvalue weighted by Crippen LogP contribution is -2.46. The van der Waals surface area contributed by atoms with Gasteiger partial charge in [-0.05, 0) is 51.3 Å². The zero-order chi connectivity index (χ0) is 14.9. The Morgan fingerprint density at radius 1 is 1.43 bits per heavy atom. The van der Waals surface area contributed by atoms with Gasteiger partial charge in [-0.3, -0.25) is 4.79 Å². The number of hydrogen-bond donors (Lipinski definition) is 1. The van der Waals surface area contributed by atoms with Crippen molar-refractivity contribution < 1.29 is 9.18 Å². The van der Waals surface area contributed by atoms with Gasteiger partial charge >= 0.3 is 0 Å². The van der Waals surface area contributed by atoms with Gasteiger partial charge < -0.3 is 10.2 Å². The molecule has 1 amide bonds. The Morgan fingerprint density at radius 2 is 2.19 bits per heavy atom. The van der Waals surface area contributed by atoms with Gasteiger partial charge in [0.15, 0.2) is 0 Å². The summed E-state index contributed by atoms with van der Waals surface area (Å²) in [5, 5.41) is 3.19. The molecule has 1 aromatic rings. The molecule has 21 heavy (non-hydrogen) atoms. The van der Waals surface area contributed by atoms with Crippen LogP contribution >= 0.6 is 0 Å². The maximum absolute atomic E-state index is 14.1. The van der Waals surface area contributed by atoms with E-state index in [0.717, 1.165) is 45.3 Å². The van der Waals surface area contributed by atoms with Gasteiger partial charge in [0.2, 0.25) is 5.91 Å². The van der Waals surface area contributed by atoms with Gasteiger partial charge in [-0.15, -0.1) is 0 Å². The first kappa shape index (κ1) is 14.5. The average Bonchev–Trinajstić information content (AvgIpc) is 3.29. The number of hydrogen-bond acceptors (Lipinski definition) is 2. The van der Waals surface area contributed by atoms with Gasteiger partial charge in [0.05, 0.1) is 5.41 Å². The molecule has 0 aromatic heterocycles. The summed E-state index contributed by atoms with van der Waals surface area (Å²) in [6.07, 6.45) is 3.77. The molecule has 0 spiro atoms. The maximum atomic E-state index is 14.1. The van der Waals surface area contributed by atoms with E-state index in [-0.39, 0.29) is 11.7 Å². The standard InChI is InChI=1S/C17H23FN2O/c1-19-11-13-5-4-10-20(12-13)16(21)17(8-9-17)14-6-2-3-7-15(14)18/h2-3,6-7,13,19H,4-5,8-12H2,1H3/t13-/m0/s1. The van der Waals surface area contributed by atoms with Crippen molar-refractivity contribution in [1.82, 2.24) is 10.2 Å². The smallest absolute Gasteiger partial charge is 0.233 e. The third kappa shape index (κ3) is 2.69. The highest BCUT2D eigenvalue weighted by atomic mass is 19.1. The minimum absolute atomic E-state index is 0.133. The number of rotatable bonds is 4. The summed E-state index contributed by atoms with van der Waals surface area (Å²) in [4.78, 5) is 14.9. The molecule has 1 atom stereocenters. The van der Waals surface area contributed by atoms with E-state index in [9.17, 15) is 9.18 Å². The van der Waals surface area contributed by atoms with Crippen molar-refractivity contribution >= 4 is 5.91 Å². The Labute approximate surface area is 125 Å². The van der Waals surface area contributed by atoms with Gasteiger partial charge in [-0.1, -0.05) is 18.2 Å². The molecule has 1 aliphatic carbocycles. The number of piperidine rings is 1. The number of halogens is 1. The molecule has 2 aliphatic rings. The lowest BCUT2D eigenvalue weighted by molar-refractivity contribution is -0.135. The summed E-state index contributed by atoms with van der Waals surface area (Å²) in [6, 6.07) is 6.74. The minimum atomic E-state index is -0.577. The normalized spacial score (nSPS) is 23.9. The molecule has 3 rings (SSSR count). The lowest BCUT2D eigenvalue weighted by Gasteiger charge is -2.35. The van der Waals surface area contributed by atoms with Crippen LogP contribution < -0.4 is 5.32 Å². The second-order valence-electron chi connectivity index (χ2n) is 6.38. The van der Waals surface area contributed by atoms with Crippen LogP contribution in [0.15, 0.2) is 24.3 Å². The van der Waals surface area contributed by atoms with E-state index in [1.54, 1.807) is 12.1 Å². The van der Waals surface area contributed by atoms with Crippen LogP contribution in [0.5, 0.6) is 0 Å². The summed E-state index contributed by atoms with van der Waals surface area (Å²) >= 11 is 0. The van der Waals surface area contributed by atoms with Crippen molar-refractivity contribution in [2.75, 3.05) is 26.7 Å². The summed E-state index contributed by atoms with van der Waals surface area (Å²) in [6.45, 7) is 2.56. The van der Waals surface area contributed by atoms with Crippen molar-refractivity contribution in [2.24, 2.45) is 5.92 Å². The first-order valence-electron chi connectivity index (χ1n) is 7.86. The molecule has 3 nitrogen and oxygen atoms in total. The van der Waals surface area contributed by atoms with E-state index in [4.69, 9.17) is 0 Å². The van der Waals surface area contributed by atoms with Crippen LogP contribution in [0.25, 0.3) is 0 Å². The Balaban J connectivity index is 1.77. The lowest BCUT2D eigenvalue weighted by atomic mass is 9.91. The second-order valence-corrected chi connectivity index (χ2v) is 6.38. The fourth-order valence-corrected chi connectivity index (χ4v) is 3.58. The Kier molecular flexibility index (Phi) is 3.98. The highest BCUT2D eigenvalue weighted by molar-refractivity contribution is 5.91. The monoisotopic (exact) mass is 290 g/mol. The Bertz CT molecular complexity index is 525. The molecule has 0 radical (unpaired) electrons. The minimum Gasteiger partial charge on any atom is -0.342 e. The molecular formula is C17H23FN2O. The van der Waals surface area contributed by atoms with Gasteiger partial charge in [0.25, 0.3) is 0 Å². The van der Waals surface area contributed by atoms with Gasteiger partial charge in [0, 0.05) is 18.7 Å². The quantitative estimate of drug-likeness (QED) is 0.923. The number of carbonyl (C=O) groups excluding carboxylic acids is 1. The summed E-state index contributed by atoms with van der Waals surface area (Å²) in [7, 11) is 1.95. The van der Waals surface area contributed by atoms with Gasteiger partial charge in [0.1, 0.15) is 5.82 Å². The number of carbonyl (C=O) groups is 1. The van der Waals surface area contributed by atoms with E-state index < -0.39 is 5.41 Å². The van der Waals surface area contributed by atoms with E-state index in [0.29, 0.717) is 11.5 Å². The van der Waals surface area contributed by atoms with Crippen LogP contribution in [0.1, 0.15) is 31.2 Å². The number of benzene rings is 1. The highest BCUT2D eigenvalue weighted by Gasteiger charge is 2.54. The van der Waals surface area contributed by atoms with E-state index >= 15 is 0 Å². The predicted octanol–water partition coefficient (Wildman–Crippen LogP) is 2.32. The number of nitrogens with zero attached hydrogens (tertiary/aromatic N) is 1. The number of nitrogens with one attached hydrogen (secondary N) is 1. The van der Waals surface area contributed by atoms with E-state index in [1.807, 2.05) is 18.0 Å². The second kappa shape index (κ2) is 5.76. The molecule has 1 saturated carbocycles. The molecule has 2 fully saturated rings. The third-order valence-corrected chi connectivity index (χ3v) is 4.85. The molecule has 1 heterocycles. The van der Waals surface area contributed by atoms with Crippen molar-refractivity contribution in [1.29, 1.82) is 0 Å². The highest BCUT2D eigenvalue weighted by Crippen LogP contribution is 2.50. The average molecular weight is 290 g/mol. The zero-order valence-corrected chi connectivity index (χ0v) is 12.6. The molecular weight excluding hydrogens is 267 g/mol. The van der Waals surface area contributed by atoms with Crippen molar-refractivity contribution in [3.8, 4) is 0 Å². The largest absolute Gasteiger partial charge is 0.342 e. The molecule has 114 valence electrons. The molecule has 1 aromatic carbocycles. The summed E-state index contributed by atoms with van der Waals surface area (Å²) in [5.74, 6) is 0.407. The van der Waals surface area contributed by atoms with Crippen LogP contribution in [0.4, 0.5) is 4.39 Å². The van der Waals surface area contributed by atoms with Crippen molar-refractivity contribution in [2.45, 2.75) is 31.1 Å². The molecule has 1 saturated heterocycles. The zero-order valence-electron chi connectivity index (χ0n) is 12.6. The molecule has 0 bridgehead atoms. The van der Waals surface area contributed by atoms with E-state index in [1.165, 1.54) is 6.07 Å². The molecule has 4 heteroatoms. The van der Waals surface area contributed by atoms with Gasteiger partial charge in [-0.25, -0.2) is 4.39 Å². The van der Waals surface area contributed by atoms with E-state index in [2.05, 4.69) is 5.32 Å². The fourth-order valence-electron chi connectivity index (χ4n) is 3.58. The number of amides is 1. The van der Waals surface area contributed by atoms with Crippen molar-refractivity contribution in [3.05, 3.63) is 35.6 Å². The first-order valence-corrected chi connectivity index (χ1v) is 7.86. The molecule has 1 N–H and O–H groups in total. The van der Waals surface area contributed by atoms with Crippen LogP contribution in [-0.4, -0.2) is 37.5 Å². The fraction of sp³-hybridized carbons (Fsp3) is 0.588. The Morgan fingerprint density at radius 3 is 2.86 bits per heavy atom. The number of likely N-dealkylation sites (tertiary alicyclic amines) is 1. The Hall–Kier alpha value is -1.42. The van der Waals surface area contributed by atoms with Crippen LogP contribution in [0.2, 0.25) is 0 Å². The molecule has 0 unspecified atom stereocenters. The SMILES string of the molecule is CNC[C@@H]1CCCN(C(=O)C2(c3ccccc3F)CC2)C1. The summed E-state index contributed by atoms with van der Waals surface area (Å²) < 4.78 is 14.1.